The Balaban J connectivity index is 2.29. The van der Waals surface area contributed by atoms with Gasteiger partial charge in [-0.15, -0.1) is 0 Å². The van der Waals surface area contributed by atoms with Gasteiger partial charge in [0.1, 0.15) is 5.75 Å². The van der Waals surface area contributed by atoms with Crippen molar-refractivity contribution in [1.82, 2.24) is 0 Å². The van der Waals surface area contributed by atoms with Gasteiger partial charge in [0, 0.05) is 25.9 Å². The molecule has 78 valence electrons. The molecule has 0 aliphatic heterocycles. The van der Waals surface area contributed by atoms with E-state index in [2.05, 4.69) is 5.32 Å². The average molecular weight is 195 g/mol. The topological polar surface area (TPSA) is 30.5 Å². The Labute approximate surface area is 85.0 Å². The van der Waals surface area contributed by atoms with Crippen LogP contribution in [0.2, 0.25) is 0 Å². The van der Waals surface area contributed by atoms with Crippen molar-refractivity contribution in [2.75, 3.05) is 32.7 Å². The zero-order valence-corrected chi connectivity index (χ0v) is 8.75. The van der Waals surface area contributed by atoms with E-state index >= 15 is 0 Å². The van der Waals surface area contributed by atoms with Gasteiger partial charge >= 0.3 is 0 Å². The van der Waals surface area contributed by atoms with Gasteiger partial charge in [0.25, 0.3) is 0 Å². The van der Waals surface area contributed by atoms with E-state index in [0.29, 0.717) is 0 Å². The van der Waals surface area contributed by atoms with Crippen molar-refractivity contribution in [2.24, 2.45) is 0 Å². The van der Waals surface area contributed by atoms with E-state index in [0.717, 1.165) is 31.0 Å². The van der Waals surface area contributed by atoms with Crippen LogP contribution in [0.25, 0.3) is 0 Å². The molecule has 0 fully saturated rings. The third-order valence-electron chi connectivity index (χ3n) is 1.94. The van der Waals surface area contributed by atoms with Crippen molar-refractivity contribution < 1.29 is 9.47 Å². The van der Waals surface area contributed by atoms with E-state index in [1.807, 2.05) is 24.3 Å². The molecule has 0 amide bonds. The predicted octanol–water partition coefficient (Wildman–Crippen LogP) is 2.14. The molecule has 14 heavy (non-hydrogen) atoms. The van der Waals surface area contributed by atoms with E-state index in [1.165, 1.54) is 0 Å². The first kappa shape index (κ1) is 10.9. The summed E-state index contributed by atoms with van der Waals surface area (Å²) in [5.41, 5.74) is 1.11. The first-order valence-electron chi connectivity index (χ1n) is 4.73. The summed E-state index contributed by atoms with van der Waals surface area (Å²) in [6, 6.07) is 7.90. The van der Waals surface area contributed by atoms with Crippen LogP contribution in [0.4, 0.5) is 5.69 Å². The van der Waals surface area contributed by atoms with Gasteiger partial charge in [-0.3, -0.25) is 0 Å². The molecule has 0 saturated carbocycles. The Bertz CT molecular complexity index is 246. The molecule has 1 aromatic rings. The molecule has 0 aliphatic carbocycles. The van der Waals surface area contributed by atoms with Crippen LogP contribution in [0.3, 0.4) is 0 Å². The van der Waals surface area contributed by atoms with E-state index in [9.17, 15) is 0 Å². The molecule has 3 heteroatoms. The standard InChI is InChI=1S/C11H17NO2/c1-13-9-3-8-12-10-4-6-11(14-2)7-5-10/h4-7,12H,3,8-9H2,1-2H3. The number of hydrogen-bond donors (Lipinski definition) is 1. The summed E-state index contributed by atoms with van der Waals surface area (Å²) < 4.78 is 10.0. The molecule has 3 nitrogen and oxygen atoms in total. The van der Waals surface area contributed by atoms with Gasteiger partial charge in [0.05, 0.1) is 7.11 Å². The molecule has 0 unspecified atom stereocenters. The van der Waals surface area contributed by atoms with E-state index in [4.69, 9.17) is 9.47 Å². The van der Waals surface area contributed by atoms with Gasteiger partial charge in [-0.1, -0.05) is 0 Å². The predicted molar refractivity (Wildman–Crippen MR) is 58.0 cm³/mol. The Morgan fingerprint density at radius 2 is 1.86 bits per heavy atom. The molecular formula is C11H17NO2. The van der Waals surface area contributed by atoms with E-state index < -0.39 is 0 Å². The van der Waals surface area contributed by atoms with Crippen molar-refractivity contribution in [2.45, 2.75) is 6.42 Å². The first-order valence-corrected chi connectivity index (χ1v) is 4.73. The zero-order valence-electron chi connectivity index (χ0n) is 8.75. The van der Waals surface area contributed by atoms with Crippen molar-refractivity contribution >= 4 is 5.69 Å². The molecule has 1 rings (SSSR count). The quantitative estimate of drug-likeness (QED) is 0.705. The summed E-state index contributed by atoms with van der Waals surface area (Å²) in [5.74, 6) is 0.882. The maximum Gasteiger partial charge on any atom is 0.119 e. The molecule has 0 radical (unpaired) electrons. The monoisotopic (exact) mass is 195 g/mol. The number of nitrogens with one attached hydrogen (secondary N) is 1. The van der Waals surface area contributed by atoms with Gasteiger partial charge < -0.3 is 14.8 Å². The smallest absolute Gasteiger partial charge is 0.119 e. The van der Waals surface area contributed by atoms with Crippen LogP contribution >= 0.6 is 0 Å². The van der Waals surface area contributed by atoms with Crippen molar-refractivity contribution in [3.8, 4) is 5.75 Å². The minimum absolute atomic E-state index is 0.795. The highest BCUT2D eigenvalue weighted by Gasteiger charge is 1.92. The number of rotatable bonds is 6. The SMILES string of the molecule is COCCCNc1ccc(OC)cc1. The highest BCUT2D eigenvalue weighted by atomic mass is 16.5. The van der Waals surface area contributed by atoms with Crippen LogP contribution in [0.15, 0.2) is 24.3 Å². The number of hydrogen-bond acceptors (Lipinski definition) is 3. The summed E-state index contributed by atoms with van der Waals surface area (Å²) >= 11 is 0. The van der Waals surface area contributed by atoms with Crippen LogP contribution in [0.1, 0.15) is 6.42 Å². The molecule has 0 aromatic heterocycles. The first-order chi connectivity index (χ1) is 6.86. The van der Waals surface area contributed by atoms with Gasteiger partial charge in [0.2, 0.25) is 0 Å². The normalized spacial score (nSPS) is 9.86. The lowest BCUT2D eigenvalue weighted by atomic mass is 10.3. The lowest BCUT2D eigenvalue weighted by molar-refractivity contribution is 0.198. The Hall–Kier alpha value is -1.22. The molecule has 0 aliphatic rings. The van der Waals surface area contributed by atoms with Gasteiger partial charge in [-0.05, 0) is 30.7 Å². The summed E-state index contributed by atoms with van der Waals surface area (Å²) in [6.07, 6.45) is 1.02. The Morgan fingerprint density at radius 1 is 1.14 bits per heavy atom. The van der Waals surface area contributed by atoms with Crippen LogP contribution < -0.4 is 10.1 Å². The molecular weight excluding hydrogens is 178 g/mol. The van der Waals surface area contributed by atoms with Crippen molar-refractivity contribution in [3.05, 3.63) is 24.3 Å². The largest absolute Gasteiger partial charge is 0.497 e. The second kappa shape index (κ2) is 6.27. The third kappa shape index (κ3) is 3.66. The van der Waals surface area contributed by atoms with Crippen LogP contribution in [-0.2, 0) is 4.74 Å². The lowest BCUT2D eigenvalue weighted by Gasteiger charge is -2.06. The van der Waals surface area contributed by atoms with Crippen LogP contribution in [-0.4, -0.2) is 27.4 Å². The molecule has 1 N–H and O–H groups in total. The summed E-state index contributed by atoms with van der Waals surface area (Å²) in [7, 11) is 3.38. The summed E-state index contributed by atoms with van der Waals surface area (Å²) in [4.78, 5) is 0. The van der Waals surface area contributed by atoms with E-state index in [-0.39, 0.29) is 0 Å². The fourth-order valence-electron chi connectivity index (χ4n) is 1.16. The third-order valence-corrected chi connectivity index (χ3v) is 1.94. The number of ether oxygens (including phenoxy) is 2. The molecule has 1 aromatic carbocycles. The number of anilines is 1. The zero-order chi connectivity index (χ0) is 10.2. The Kier molecular flexibility index (Phi) is 4.86. The van der Waals surface area contributed by atoms with Gasteiger partial charge in [0.15, 0.2) is 0 Å². The number of benzene rings is 1. The van der Waals surface area contributed by atoms with E-state index in [1.54, 1.807) is 14.2 Å². The van der Waals surface area contributed by atoms with Crippen molar-refractivity contribution in [3.63, 3.8) is 0 Å². The maximum atomic E-state index is 5.06. The fourth-order valence-corrected chi connectivity index (χ4v) is 1.16. The van der Waals surface area contributed by atoms with Crippen molar-refractivity contribution in [1.29, 1.82) is 0 Å². The maximum absolute atomic E-state index is 5.06. The molecule has 0 bridgehead atoms. The summed E-state index contributed by atoms with van der Waals surface area (Å²) in [6.45, 7) is 1.73. The van der Waals surface area contributed by atoms with Crippen LogP contribution in [0, 0.1) is 0 Å². The Morgan fingerprint density at radius 3 is 2.43 bits per heavy atom. The minimum Gasteiger partial charge on any atom is -0.497 e. The van der Waals surface area contributed by atoms with Gasteiger partial charge in [-0.2, -0.15) is 0 Å². The fraction of sp³-hybridized carbons (Fsp3) is 0.455. The molecule has 0 heterocycles. The second-order valence-corrected chi connectivity index (χ2v) is 3.00. The number of methoxy groups -OCH3 is 2. The van der Waals surface area contributed by atoms with Crippen LogP contribution in [0.5, 0.6) is 5.75 Å². The molecule has 0 atom stereocenters. The summed E-state index contributed by atoms with van der Waals surface area (Å²) in [5, 5.41) is 3.30. The molecule has 0 spiro atoms. The second-order valence-electron chi connectivity index (χ2n) is 3.00. The molecule has 0 saturated heterocycles. The average Bonchev–Trinajstić information content (AvgIpc) is 2.25. The highest BCUT2D eigenvalue weighted by molar-refractivity contribution is 5.46. The minimum atomic E-state index is 0.795. The van der Waals surface area contributed by atoms with Gasteiger partial charge in [-0.25, -0.2) is 0 Å². The lowest BCUT2D eigenvalue weighted by Crippen LogP contribution is -2.04. The highest BCUT2D eigenvalue weighted by Crippen LogP contribution is 2.14.